The minimum atomic E-state index is -2.67. The quantitative estimate of drug-likeness (QED) is 0.717. The normalized spacial score (nSPS) is 20.9. The van der Waals surface area contributed by atoms with Crippen LogP contribution in [0.1, 0.15) is 41.5 Å². The molecule has 3 nitrogen and oxygen atoms in total. The third-order valence-electron chi connectivity index (χ3n) is 2.91. The summed E-state index contributed by atoms with van der Waals surface area (Å²) in [5, 5.41) is 3.72. The smallest absolute Gasteiger partial charge is 0.282 e. The second-order valence-corrected chi connectivity index (χ2v) is 3.94. The van der Waals surface area contributed by atoms with Gasteiger partial charge in [0.2, 0.25) is 0 Å². The molecule has 1 aliphatic carbocycles. The molecule has 0 aliphatic heterocycles. The summed E-state index contributed by atoms with van der Waals surface area (Å²) in [5.41, 5.74) is 0.448. The Morgan fingerprint density at radius 1 is 1.53 bits per heavy atom. The summed E-state index contributed by atoms with van der Waals surface area (Å²) in [6.45, 7) is 1.77. The Bertz CT molecular complexity index is 412. The molecule has 0 saturated carbocycles. The van der Waals surface area contributed by atoms with Crippen molar-refractivity contribution in [1.82, 2.24) is 9.78 Å². The van der Waals surface area contributed by atoms with Gasteiger partial charge in [-0.05, 0) is 12.8 Å². The van der Waals surface area contributed by atoms with E-state index < -0.39 is 6.43 Å². The molecule has 0 spiro atoms. The molecule has 0 bridgehead atoms. The second-order valence-electron chi connectivity index (χ2n) is 3.94. The lowest BCUT2D eigenvalue weighted by Crippen LogP contribution is -2.21. The van der Waals surface area contributed by atoms with Crippen LogP contribution in [0.25, 0.3) is 0 Å². The molecule has 1 unspecified atom stereocenters. The molecule has 0 saturated heterocycles. The molecule has 0 N–H and O–H groups in total. The lowest BCUT2D eigenvalue weighted by molar-refractivity contribution is 0.0898. The van der Waals surface area contributed by atoms with E-state index in [0.717, 1.165) is 0 Å². The van der Waals surface area contributed by atoms with Crippen molar-refractivity contribution < 1.29 is 13.6 Å². The zero-order valence-electron chi connectivity index (χ0n) is 8.63. The Morgan fingerprint density at radius 3 is 2.80 bits per heavy atom. The fraction of sp³-hybridized carbons (Fsp3) is 0.600. The first kappa shape index (κ1) is 10.3. The number of aromatic nitrogens is 2. The zero-order valence-corrected chi connectivity index (χ0v) is 8.63. The lowest BCUT2D eigenvalue weighted by Gasteiger charge is -2.17. The van der Waals surface area contributed by atoms with E-state index in [1.807, 2.05) is 0 Å². The predicted molar refractivity (Wildman–Crippen MR) is 50.0 cm³/mol. The van der Waals surface area contributed by atoms with Gasteiger partial charge in [-0.2, -0.15) is 5.10 Å². The minimum absolute atomic E-state index is 0.159. The zero-order chi connectivity index (χ0) is 11.2. The minimum Gasteiger partial charge on any atom is -0.294 e. The van der Waals surface area contributed by atoms with E-state index in [-0.39, 0.29) is 23.0 Å². The van der Waals surface area contributed by atoms with Gasteiger partial charge in [0.05, 0.1) is 5.56 Å². The van der Waals surface area contributed by atoms with Gasteiger partial charge in [0.1, 0.15) is 5.69 Å². The van der Waals surface area contributed by atoms with Gasteiger partial charge in [0.25, 0.3) is 6.43 Å². The van der Waals surface area contributed by atoms with Gasteiger partial charge in [-0.3, -0.25) is 9.48 Å². The molecule has 15 heavy (non-hydrogen) atoms. The van der Waals surface area contributed by atoms with Crippen LogP contribution in [0, 0.1) is 5.92 Å². The summed E-state index contributed by atoms with van der Waals surface area (Å²) in [4.78, 5) is 11.8. The van der Waals surface area contributed by atoms with Crippen molar-refractivity contribution in [2.75, 3.05) is 0 Å². The summed E-state index contributed by atoms with van der Waals surface area (Å²) in [7, 11) is 1.61. The largest absolute Gasteiger partial charge is 0.294 e. The van der Waals surface area contributed by atoms with Crippen LogP contribution < -0.4 is 0 Å². The fourth-order valence-electron chi connectivity index (χ4n) is 2.02. The molecule has 1 atom stereocenters. The highest BCUT2D eigenvalue weighted by atomic mass is 19.3. The summed E-state index contributed by atoms with van der Waals surface area (Å²) in [6.07, 6.45) is -1.30. The van der Waals surface area contributed by atoms with Crippen molar-refractivity contribution in [2.24, 2.45) is 13.0 Å². The second kappa shape index (κ2) is 3.40. The van der Waals surface area contributed by atoms with Gasteiger partial charge < -0.3 is 0 Å². The number of carbonyl (C=O) groups excluding carboxylic acids is 1. The molecule has 2 rings (SSSR count). The maximum Gasteiger partial charge on any atom is 0.282 e. The number of aryl methyl sites for hydroxylation is 1. The lowest BCUT2D eigenvalue weighted by atomic mass is 9.86. The molecular weight excluding hydrogens is 202 g/mol. The molecule has 1 aromatic rings. The number of ketones is 1. The third-order valence-corrected chi connectivity index (χ3v) is 2.91. The number of fused-ring (bicyclic) bond motifs is 1. The molecule has 0 aromatic carbocycles. The van der Waals surface area contributed by atoms with Crippen LogP contribution in [0.5, 0.6) is 0 Å². The van der Waals surface area contributed by atoms with E-state index in [1.54, 1.807) is 14.0 Å². The number of hydrogen-bond acceptors (Lipinski definition) is 2. The number of nitrogens with zero attached hydrogens (tertiary/aromatic N) is 2. The first-order valence-corrected chi connectivity index (χ1v) is 4.90. The van der Waals surface area contributed by atoms with Gasteiger partial charge in [0.15, 0.2) is 5.78 Å². The van der Waals surface area contributed by atoms with Crippen LogP contribution in [-0.2, 0) is 13.5 Å². The maximum absolute atomic E-state index is 12.6. The summed E-state index contributed by atoms with van der Waals surface area (Å²) in [6, 6.07) is 0. The van der Waals surface area contributed by atoms with Crippen LogP contribution in [0.2, 0.25) is 0 Å². The Balaban J connectivity index is 2.58. The van der Waals surface area contributed by atoms with Crippen molar-refractivity contribution in [2.45, 2.75) is 26.2 Å². The van der Waals surface area contributed by atoms with E-state index in [0.29, 0.717) is 18.5 Å². The molecule has 0 radical (unpaired) electrons. The van der Waals surface area contributed by atoms with E-state index in [9.17, 15) is 13.6 Å². The molecule has 0 fully saturated rings. The highest BCUT2D eigenvalue weighted by molar-refractivity contribution is 6.00. The highest BCUT2D eigenvalue weighted by Crippen LogP contribution is 2.32. The van der Waals surface area contributed by atoms with Crippen molar-refractivity contribution in [3.05, 3.63) is 17.0 Å². The molecule has 1 aliphatic rings. The molecule has 0 amide bonds. The fourth-order valence-corrected chi connectivity index (χ4v) is 2.02. The Kier molecular flexibility index (Phi) is 2.32. The first-order valence-electron chi connectivity index (χ1n) is 4.90. The molecule has 1 aromatic heterocycles. The summed E-state index contributed by atoms with van der Waals surface area (Å²) in [5.74, 6) is -0.362. The first-order chi connectivity index (χ1) is 7.02. The van der Waals surface area contributed by atoms with E-state index >= 15 is 0 Å². The Hall–Kier alpha value is -1.26. The average molecular weight is 214 g/mol. The highest BCUT2D eigenvalue weighted by Gasteiger charge is 2.33. The number of hydrogen-bond donors (Lipinski definition) is 0. The van der Waals surface area contributed by atoms with Crippen LogP contribution in [0.3, 0.4) is 0 Å². The standard InChI is InChI=1S/C10H12F2N2O/c1-5-3-4-6-7(9(5)15)8(10(11)12)13-14(6)2/h5,10H,3-4H2,1-2H3. The maximum atomic E-state index is 12.6. The SMILES string of the molecule is CC1CCc2c(c(C(F)F)nn2C)C1=O. The van der Waals surface area contributed by atoms with Gasteiger partial charge in [-0.25, -0.2) is 8.78 Å². The van der Waals surface area contributed by atoms with Gasteiger partial charge >= 0.3 is 0 Å². The number of rotatable bonds is 1. The Labute approximate surface area is 86.1 Å². The average Bonchev–Trinajstić information content (AvgIpc) is 2.50. The van der Waals surface area contributed by atoms with Crippen molar-refractivity contribution >= 4 is 5.78 Å². The van der Waals surface area contributed by atoms with Crippen LogP contribution >= 0.6 is 0 Å². The molecule has 5 heteroatoms. The van der Waals surface area contributed by atoms with Crippen LogP contribution in [0.15, 0.2) is 0 Å². The topological polar surface area (TPSA) is 34.9 Å². The summed E-state index contributed by atoms with van der Waals surface area (Å²) >= 11 is 0. The van der Waals surface area contributed by atoms with E-state index in [1.165, 1.54) is 4.68 Å². The van der Waals surface area contributed by atoms with Crippen molar-refractivity contribution in [3.63, 3.8) is 0 Å². The van der Waals surface area contributed by atoms with Crippen LogP contribution in [-0.4, -0.2) is 15.6 Å². The molecular formula is C10H12F2N2O. The van der Waals surface area contributed by atoms with Crippen molar-refractivity contribution in [3.8, 4) is 0 Å². The van der Waals surface area contributed by atoms with Gasteiger partial charge in [0, 0.05) is 18.7 Å². The number of carbonyl (C=O) groups is 1. The van der Waals surface area contributed by atoms with E-state index in [4.69, 9.17) is 0 Å². The van der Waals surface area contributed by atoms with Gasteiger partial charge in [-0.1, -0.05) is 6.92 Å². The summed E-state index contributed by atoms with van der Waals surface area (Å²) < 4.78 is 26.7. The monoisotopic (exact) mass is 214 g/mol. The van der Waals surface area contributed by atoms with Gasteiger partial charge in [-0.15, -0.1) is 0 Å². The Morgan fingerprint density at radius 2 is 2.20 bits per heavy atom. The predicted octanol–water partition coefficient (Wildman–Crippen LogP) is 2.12. The number of alkyl halides is 2. The van der Waals surface area contributed by atoms with E-state index in [2.05, 4.69) is 5.10 Å². The number of Topliss-reactive ketones (excluding diaryl/α,β-unsaturated/α-hetero) is 1. The molecule has 82 valence electrons. The molecule has 1 heterocycles. The van der Waals surface area contributed by atoms with Crippen molar-refractivity contribution in [1.29, 1.82) is 0 Å². The number of halogens is 2. The third kappa shape index (κ3) is 1.46. The van der Waals surface area contributed by atoms with Crippen LogP contribution in [0.4, 0.5) is 8.78 Å².